The van der Waals surface area contributed by atoms with E-state index < -0.39 is 26.9 Å². The summed E-state index contributed by atoms with van der Waals surface area (Å²) in [5.41, 5.74) is 0. The lowest BCUT2D eigenvalue weighted by Gasteiger charge is -2.25. The van der Waals surface area contributed by atoms with Crippen LogP contribution in [0.5, 0.6) is 0 Å². The monoisotopic (exact) mass is 254 g/mol. The molecule has 13 heavy (non-hydrogen) atoms. The van der Waals surface area contributed by atoms with E-state index in [4.69, 9.17) is 12.3 Å². The zero-order valence-electron chi connectivity index (χ0n) is 9.59. The van der Waals surface area contributed by atoms with E-state index in [0.29, 0.717) is 0 Å². The van der Waals surface area contributed by atoms with Crippen LogP contribution in [-0.2, 0) is 12.3 Å². The summed E-state index contributed by atoms with van der Waals surface area (Å²) in [6.07, 6.45) is 0. The molecule has 0 aromatic carbocycles. The third-order valence-electron chi connectivity index (χ3n) is 1.30. The molecule has 0 N–H and O–H groups in total. The van der Waals surface area contributed by atoms with Gasteiger partial charge in [-0.1, -0.05) is 6.55 Å². The Hall–Kier alpha value is 0.748. The summed E-state index contributed by atoms with van der Waals surface area (Å²) in [6.45, 7) is 12.9. The van der Waals surface area contributed by atoms with Crippen molar-refractivity contribution in [3.05, 3.63) is 0 Å². The van der Waals surface area contributed by atoms with Crippen LogP contribution >= 0.6 is 0 Å². The van der Waals surface area contributed by atoms with E-state index in [2.05, 4.69) is 39.3 Å². The first-order chi connectivity index (χ1) is 5.85. The SMILES string of the molecule is C[SiH2]O[SiH](C)O[SiH](C)O[Si](C)(C)C. The Balaban J connectivity index is 3.67. The predicted molar refractivity (Wildman–Crippen MR) is 67.0 cm³/mol. The molecule has 0 aromatic heterocycles. The Morgan fingerprint density at radius 1 is 1.08 bits per heavy atom. The largest absolute Gasteiger partial charge is 0.444 e. The molecule has 0 spiro atoms. The molecular formula is C6H22O3Si4. The molecule has 3 nitrogen and oxygen atoms in total. The van der Waals surface area contributed by atoms with Gasteiger partial charge in [0.1, 0.15) is 9.76 Å². The Morgan fingerprint density at radius 2 is 1.62 bits per heavy atom. The average Bonchev–Trinajstić information content (AvgIpc) is 1.81. The fourth-order valence-corrected chi connectivity index (χ4v) is 10.8. The third-order valence-corrected chi connectivity index (χ3v) is 11.7. The molecule has 80 valence electrons. The molecule has 0 aliphatic rings. The van der Waals surface area contributed by atoms with Gasteiger partial charge in [0.2, 0.25) is 0 Å². The highest BCUT2D eigenvalue weighted by Crippen LogP contribution is 2.06. The van der Waals surface area contributed by atoms with Crippen molar-refractivity contribution in [3.63, 3.8) is 0 Å². The molecule has 0 bridgehead atoms. The second-order valence-corrected chi connectivity index (χ2v) is 14.4. The second-order valence-electron chi connectivity index (χ2n) is 3.96. The van der Waals surface area contributed by atoms with E-state index in [1.165, 1.54) is 0 Å². The number of hydrogen-bond donors (Lipinski definition) is 0. The van der Waals surface area contributed by atoms with E-state index in [9.17, 15) is 0 Å². The summed E-state index contributed by atoms with van der Waals surface area (Å²) in [5, 5.41) is 0. The fourth-order valence-electron chi connectivity index (χ4n) is 1.07. The maximum atomic E-state index is 5.88. The van der Waals surface area contributed by atoms with Crippen LogP contribution in [-0.4, -0.2) is 36.6 Å². The van der Waals surface area contributed by atoms with Crippen molar-refractivity contribution in [3.8, 4) is 0 Å². The molecule has 0 aliphatic carbocycles. The van der Waals surface area contributed by atoms with Crippen LogP contribution in [0.25, 0.3) is 0 Å². The van der Waals surface area contributed by atoms with Gasteiger partial charge in [0, 0.05) is 0 Å². The van der Waals surface area contributed by atoms with Gasteiger partial charge in [0.05, 0.1) is 0 Å². The van der Waals surface area contributed by atoms with Crippen molar-refractivity contribution >= 4 is 36.6 Å². The lowest BCUT2D eigenvalue weighted by Crippen LogP contribution is -2.38. The smallest absolute Gasteiger partial charge is 0.298 e. The lowest BCUT2D eigenvalue weighted by atomic mass is 11.8. The van der Waals surface area contributed by atoms with E-state index in [1.54, 1.807) is 0 Å². The van der Waals surface area contributed by atoms with Crippen molar-refractivity contribution in [2.24, 2.45) is 0 Å². The number of hydrogen-bond acceptors (Lipinski definition) is 3. The van der Waals surface area contributed by atoms with Crippen molar-refractivity contribution in [1.29, 1.82) is 0 Å². The molecule has 0 rings (SSSR count). The summed E-state index contributed by atoms with van der Waals surface area (Å²) in [6, 6.07) is 0. The standard InChI is InChI=1S/C6H22O3Si4/c1-10-7-11(2)8-12(3)9-13(4,5)6/h11-12H,10H2,1-6H3. The van der Waals surface area contributed by atoms with Crippen LogP contribution in [0.15, 0.2) is 0 Å². The quantitative estimate of drug-likeness (QED) is 0.653. The molecule has 2 atom stereocenters. The Bertz CT molecular complexity index is 138. The molecule has 0 aliphatic heterocycles. The summed E-state index contributed by atoms with van der Waals surface area (Å²) in [4.78, 5) is 0. The van der Waals surface area contributed by atoms with Gasteiger partial charge >= 0.3 is 0 Å². The molecule has 7 heteroatoms. The summed E-state index contributed by atoms with van der Waals surface area (Å²) >= 11 is 0. The summed E-state index contributed by atoms with van der Waals surface area (Å²) in [7, 11) is -4.42. The highest BCUT2D eigenvalue weighted by Gasteiger charge is 2.21. The van der Waals surface area contributed by atoms with Gasteiger partial charge in [-0.15, -0.1) is 0 Å². The maximum absolute atomic E-state index is 5.88. The minimum Gasteiger partial charge on any atom is -0.444 e. The zero-order chi connectivity index (χ0) is 10.5. The van der Waals surface area contributed by atoms with Gasteiger partial charge in [0.25, 0.3) is 18.6 Å². The molecular weight excluding hydrogens is 232 g/mol. The van der Waals surface area contributed by atoms with Crippen molar-refractivity contribution in [2.75, 3.05) is 0 Å². The van der Waals surface area contributed by atoms with Gasteiger partial charge in [-0.2, -0.15) is 0 Å². The predicted octanol–water partition coefficient (Wildman–Crippen LogP) is 0.704. The molecule has 0 heterocycles. The van der Waals surface area contributed by atoms with Crippen LogP contribution in [0, 0.1) is 0 Å². The first-order valence-corrected chi connectivity index (χ1v) is 14.4. The van der Waals surface area contributed by atoms with Crippen LogP contribution in [0.1, 0.15) is 0 Å². The Morgan fingerprint density at radius 3 is 2.00 bits per heavy atom. The highest BCUT2D eigenvalue weighted by atomic mass is 28.4. The zero-order valence-corrected chi connectivity index (χ0v) is 14.3. The summed E-state index contributed by atoms with van der Waals surface area (Å²) in [5.74, 6) is 0. The van der Waals surface area contributed by atoms with E-state index in [1.807, 2.05) is 0 Å². The number of rotatable bonds is 6. The Labute approximate surface area is 88.6 Å². The van der Waals surface area contributed by atoms with Gasteiger partial charge in [0.15, 0.2) is 8.32 Å². The van der Waals surface area contributed by atoms with Gasteiger partial charge < -0.3 is 12.3 Å². The molecule has 0 radical (unpaired) electrons. The molecule has 0 fully saturated rings. The molecule has 0 saturated carbocycles. The molecule has 0 saturated heterocycles. The molecule has 0 aromatic rings. The van der Waals surface area contributed by atoms with Crippen molar-refractivity contribution < 1.29 is 12.3 Å². The first kappa shape index (κ1) is 13.7. The highest BCUT2D eigenvalue weighted by molar-refractivity contribution is 6.77. The Kier molecular flexibility index (Phi) is 6.63. The van der Waals surface area contributed by atoms with Crippen LogP contribution < -0.4 is 0 Å². The van der Waals surface area contributed by atoms with E-state index >= 15 is 0 Å². The van der Waals surface area contributed by atoms with E-state index in [-0.39, 0.29) is 9.76 Å². The topological polar surface area (TPSA) is 27.7 Å². The van der Waals surface area contributed by atoms with E-state index in [0.717, 1.165) is 0 Å². The first-order valence-electron chi connectivity index (χ1n) is 4.80. The summed E-state index contributed by atoms with van der Waals surface area (Å²) < 4.78 is 17.2. The van der Waals surface area contributed by atoms with Crippen molar-refractivity contribution in [2.45, 2.75) is 39.3 Å². The van der Waals surface area contributed by atoms with Gasteiger partial charge in [-0.3, -0.25) is 0 Å². The van der Waals surface area contributed by atoms with Crippen molar-refractivity contribution in [1.82, 2.24) is 0 Å². The molecule has 2 unspecified atom stereocenters. The minimum atomic E-state index is -1.40. The van der Waals surface area contributed by atoms with Crippen LogP contribution in [0.3, 0.4) is 0 Å². The average molecular weight is 255 g/mol. The van der Waals surface area contributed by atoms with Crippen LogP contribution in [0.4, 0.5) is 0 Å². The second kappa shape index (κ2) is 6.27. The van der Waals surface area contributed by atoms with Gasteiger partial charge in [-0.25, -0.2) is 0 Å². The minimum absolute atomic E-state index is 0.304. The van der Waals surface area contributed by atoms with Gasteiger partial charge in [-0.05, 0) is 32.7 Å². The maximum Gasteiger partial charge on any atom is 0.298 e. The fraction of sp³-hybridized carbons (Fsp3) is 1.00. The molecule has 0 amide bonds. The van der Waals surface area contributed by atoms with Crippen LogP contribution in [0.2, 0.25) is 39.3 Å². The normalized spacial score (nSPS) is 18.0. The lowest BCUT2D eigenvalue weighted by molar-refractivity contribution is 0.384. The third kappa shape index (κ3) is 9.06.